The fraction of sp³-hybridized carbons (Fsp3) is 0.500. The Bertz CT molecular complexity index is 358. The normalized spacial score (nSPS) is 10.4. The zero-order valence-electron chi connectivity index (χ0n) is 9.91. The van der Waals surface area contributed by atoms with Gasteiger partial charge in [-0.05, 0) is 46.5 Å². The second-order valence-electron chi connectivity index (χ2n) is 3.59. The largest absolute Gasteiger partial charge is 0.493 e. The first-order valence-electron chi connectivity index (χ1n) is 5.53. The van der Waals surface area contributed by atoms with E-state index in [0.717, 1.165) is 22.9 Å². The molecule has 4 nitrogen and oxygen atoms in total. The highest BCUT2D eigenvalue weighted by molar-refractivity contribution is 9.10. The molecule has 0 aliphatic rings. The number of aliphatic hydroxyl groups is 1. The Kier molecular flexibility index (Phi) is 6.32. The van der Waals surface area contributed by atoms with Gasteiger partial charge in [-0.1, -0.05) is 0 Å². The molecule has 0 heterocycles. The summed E-state index contributed by atoms with van der Waals surface area (Å²) >= 11 is 3.44. The second kappa shape index (κ2) is 7.53. The molecule has 0 aromatic heterocycles. The van der Waals surface area contributed by atoms with E-state index in [1.807, 2.05) is 12.1 Å². The van der Waals surface area contributed by atoms with E-state index in [9.17, 15) is 0 Å². The summed E-state index contributed by atoms with van der Waals surface area (Å²) < 4.78 is 11.7. The van der Waals surface area contributed by atoms with Crippen LogP contribution in [0.4, 0.5) is 0 Å². The van der Waals surface area contributed by atoms with E-state index in [1.165, 1.54) is 0 Å². The van der Waals surface area contributed by atoms with Crippen LogP contribution in [0.5, 0.6) is 11.5 Å². The number of rotatable bonds is 7. The average molecular weight is 304 g/mol. The molecule has 0 fully saturated rings. The number of halogens is 1. The summed E-state index contributed by atoms with van der Waals surface area (Å²) in [5, 5.41) is 8.68. The van der Waals surface area contributed by atoms with Crippen LogP contribution in [0.1, 0.15) is 18.4 Å². The molecule has 0 saturated heterocycles. The molecule has 0 saturated carbocycles. The van der Waals surface area contributed by atoms with E-state index >= 15 is 0 Å². The van der Waals surface area contributed by atoms with Crippen LogP contribution < -0.4 is 15.2 Å². The van der Waals surface area contributed by atoms with Crippen molar-refractivity contribution in [2.45, 2.75) is 19.4 Å². The number of benzene rings is 1. The number of ether oxygens (including phenoxy) is 2. The monoisotopic (exact) mass is 303 g/mol. The predicted octanol–water partition coefficient (Wildman–Crippen LogP) is 2.07. The summed E-state index contributed by atoms with van der Waals surface area (Å²) in [5.41, 5.74) is 6.57. The number of hydrogen-bond acceptors (Lipinski definition) is 4. The van der Waals surface area contributed by atoms with Gasteiger partial charge in [0, 0.05) is 13.2 Å². The lowest BCUT2D eigenvalue weighted by atomic mass is 10.2. The van der Waals surface area contributed by atoms with Crippen molar-refractivity contribution in [2.75, 3.05) is 20.3 Å². The Morgan fingerprint density at radius 1 is 1.35 bits per heavy atom. The molecule has 0 bridgehead atoms. The van der Waals surface area contributed by atoms with E-state index in [4.69, 9.17) is 20.3 Å². The minimum atomic E-state index is 0.188. The van der Waals surface area contributed by atoms with Crippen LogP contribution >= 0.6 is 15.9 Å². The minimum absolute atomic E-state index is 0.188. The van der Waals surface area contributed by atoms with Crippen LogP contribution in [-0.4, -0.2) is 25.4 Å². The minimum Gasteiger partial charge on any atom is -0.493 e. The van der Waals surface area contributed by atoms with Gasteiger partial charge in [0.1, 0.15) is 0 Å². The van der Waals surface area contributed by atoms with E-state index in [0.29, 0.717) is 24.7 Å². The lowest BCUT2D eigenvalue weighted by Gasteiger charge is -2.13. The van der Waals surface area contributed by atoms with Gasteiger partial charge in [-0.15, -0.1) is 0 Å². The number of methoxy groups -OCH3 is 1. The summed E-state index contributed by atoms with van der Waals surface area (Å²) in [6.07, 6.45) is 1.55. The quantitative estimate of drug-likeness (QED) is 0.757. The molecule has 0 radical (unpaired) electrons. The molecule has 3 N–H and O–H groups in total. The summed E-state index contributed by atoms with van der Waals surface area (Å²) in [6, 6.07) is 3.79. The molecule has 0 amide bonds. The van der Waals surface area contributed by atoms with Crippen LogP contribution in [0.2, 0.25) is 0 Å². The zero-order valence-corrected chi connectivity index (χ0v) is 11.5. The molecule has 0 aliphatic heterocycles. The lowest BCUT2D eigenvalue weighted by molar-refractivity contribution is 0.246. The fourth-order valence-corrected chi connectivity index (χ4v) is 2.02. The lowest BCUT2D eigenvalue weighted by Crippen LogP contribution is -2.03. The molecule has 96 valence electrons. The SMILES string of the molecule is COc1cc(CN)cc(Br)c1OCCCCO. The summed E-state index contributed by atoms with van der Waals surface area (Å²) in [6.45, 7) is 1.20. The number of unbranched alkanes of at least 4 members (excludes halogenated alkanes) is 1. The summed E-state index contributed by atoms with van der Waals surface area (Å²) in [5.74, 6) is 1.35. The van der Waals surface area contributed by atoms with E-state index < -0.39 is 0 Å². The Morgan fingerprint density at radius 3 is 2.71 bits per heavy atom. The maximum absolute atomic E-state index is 8.68. The molecule has 1 aromatic carbocycles. The van der Waals surface area contributed by atoms with Gasteiger partial charge >= 0.3 is 0 Å². The maximum Gasteiger partial charge on any atom is 0.175 e. The van der Waals surface area contributed by atoms with Crippen molar-refractivity contribution in [2.24, 2.45) is 5.73 Å². The molecular formula is C12H18BrNO3. The highest BCUT2D eigenvalue weighted by Crippen LogP contribution is 2.36. The van der Waals surface area contributed by atoms with Crippen LogP contribution in [0, 0.1) is 0 Å². The molecule has 0 atom stereocenters. The van der Waals surface area contributed by atoms with Crippen LogP contribution in [0.25, 0.3) is 0 Å². The Labute approximate surface area is 110 Å². The molecule has 17 heavy (non-hydrogen) atoms. The summed E-state index contributed by atoms with van der Waals surface area (Å²) in [7, 11) is 1.60. The van der Waals surface area contributed by atoms with Gasteiger partial charge in [0.05, 0.1) is 18.2 Å². The second-order valence-corrected chi connectivity index (χ2v) is 4.45. The zero-order chi connectivity index (χ0) is 12.7. The molecule has 1 aromatic rings. The Morgan fingerprint density at radius 2 is 2.12 bits per heavy atom. The van der Waals surface area contributed by atoms with Gasteiger partial charge in [0.15, 0.2) is 11.5 Å². The topological polar surface area (TPSA) is 64.7 Å². The molecule has 0 aliphatic carbocycles. The van der Waals surface area contributed by atoms with Crippen molar-refractivity contribution >= 4 is 15.9 Å². The van der Waals surface area contributed by atoms with Crippen molar-refractivity contribution in [1.82, 2.24) is 0 Å². The van der Waals surface area contributed by atoms with E-state index in [2.05, 4.69) is 15.9 Å². The standard InChI is InChI=1S/C12H18BrNO3/c1-16-11-7-9(8-14)6-10(13)12(11)17-5-3-2-4-15/h6-7,15H,2-5,8,14H2,1H3. The first-order valence-corrected chi connectivity index (χ1v) is 6.32. The van der Waals surface area contributed by atoms with Gasteiger partial charge < -0.3 is 20.3 Å². The molecule has 0 unspecified atom stereocenters. The predicted molar refractivity (Wildman–Crippen MR) is 70.4 cm³/mol. The van der Waals surface area contributed by atoms with E-state index in [-0.39, 0.29) is 6.61 Å². The number of aliphatic hydroxyl groups excluding tert-OH is 1. The van der Waals surface area contributed by atoms with Gasteiger partial charge in [-0.2, -0.15) is 0 Å². The highest BCUT2D eigenvalue weighted by Gasteiger charge is 2.10. The van der Waals surface area contributed by atoms with Crippen LogP contribution in [0.3, 0.4) is 0 Å². The number of nitrogens with two attached hydrogens (primary N) is 1. The molecule has 1 rings (SSSR count). The summed E-state index contributed by atoms with van der Waals surface area (Å²) in [4.78, 5) is 0. The smallest absolute Gasteiger partial charge is 0.175 e. The van der Waals surface area contributed by atoms with E-state index in [1.54, 1.807) is 7.11 Å². The third kappa shape index (κ3) is 4.18. The van der Waals surface area contributed by atoms with Gasteiger partial charge in [-0.3, -0.25) is 0 Å². The van der Waals surface area contributed by atoms with Crippen LogP contribution in [0.15, 0.2) is 16.6 Å². The van der Waals surface area contributed by atoms with Gasteiger partial charge in [0.2, 0.25) is 0 Å². The first-order chi connectivity index (χ1) is 8.22. The van der Waals surface area contributed by atoms with Gasteiger partial charge in [-0.25, -0.2) is 0 Å². The van der Waals surface area contributed by atoms with Crippen molar-refractivity contribution < 1.29 is 14.6 Å². The molecule has 5 heteroatoms. The van der Waals surface area contributed by atoms with Crippen molar-refractivity contribution in [1.29, 1.82) is 0 Å². The van der Waals surface area contributed by atoms with Crippen molar-refractivity contribution in [3.8, 4) is 11.5 Å². The Balaban J connectivity index is 2.75. The fourth-order valence-electron chi connectivity index (χ4n) is 1.42. The van der Waals surface area contributed by atoms with Crippen LogP contribution in [-0.2, 0) is 6.54 Å². The van der Waals surface area contributed by atoms with Gasteiger partial charge in [0.25, 0.3) is 0 Å². The average Bonchev–Trinajstić information content (AvgIpc) is 2.35. The highest BCUT2D eigenvalue weighted by atomic mass is 79.9. The Hall–Kier alpha value is -0.780. The third-order valence-electron chi connectivity index (χ3n) is 2.32. The molecule has 0 spiro atoms. The van der Waals surface area contributed by atoms with Crippen molar-refractivity contribution in [3.63, 3.8) is 0 Å². The first kappa shape index (κ1) is 14.3. The maximum atomic E-state index is 8.68. The number of hydrogen-bond donors (Lipinski definition) is 2. The molecular weight excluding hydrogens is 286 g/mol. The third-order valence-corrected chi connectivity index (χ3v) is 2.91. The van der Waals surface area contributed by atoms with Crippen molar-refractivity contribution in [3.05, 3.63) is 22.2 Å².